The van der Waals surface area contributed by atoms with Crippen molar-refractivity contribution in [3.8, 4) is 6.07 Å². The van der Waals surface area contributed by atoms with Crippen LogP contribution in [0.2, 0.25) is 0 Å². The van der Waals surface area contributed by atoms with E-state index in [2.05, 4.69) is 10.3 Å². The van der Waals surface area contributed by atoms with Crippen molar-refractivity contribution in [2.75, 3.05) is 5.32 Å². The van der Waals surface area contributed by atoms with Gasteiger partial charge in [-0.05, 0) is 32.0 Å². The average Bonchev–Trinajstić information content (AvgIpc) is 2.84. The standard InChI is InChI=1S/C14H14N4O/c1-10(18-7-6-16-11(18)2)14(19)17-13-5-3-4-12(8-13)9-15/h3-8,10H,1-2H3,(H,17,19). The smallest absolute Gasteiger partial charge is 0.247 e. The number of aromatic nitrogens is 2. The van der Waals surface area contributed by atoms with Crippen LogP contribution in [0.4, 0.5) is 5.69 Å². The van der Waals surface area contributed by atoms with Crippen molar-refractivity contribution in [1.29, 1.82) is 5.26 Å². The van der Waals surface area contributed by atoms with Crippen LogP contribution in [0.3, 0.4) is 0 Å². The van der Waals surface area contributed by atoms with Crippen LogP contribution in [0, 0.1) is 18.3 Å². The summed E-state index contributed by atoms with van der Waals surface area (Å²) in [7, 11) is 0. The second-order valence-electron chi connectivity index (χ2n) is 4.24. The molecule has 1 aromatic heterocycles. The molecule has 0 radical (unpaired) electrons. The lowest BCUT2D eigenvalue weighted by Crippen LogP contribution is -2.24. The molecule has 19 heavy (non-hydrogen) atoms. The SMILES string of the molecule is Cc1nccn1C(C)C(=O)Nc1cccc(C#N)c1. The molecule has 0 aliphatic heterocycles. The summed E-state index contributed by atoms with van der Waals surface area (Å²) in [4.78, 5) is 16.2. The number of rotatable bonds is 3. The van der Waals surface area contributed by atoms with Crippen molar-refractivity contribution < 1.29 is 4.79 Å². The fourth-order valence-electron chi connectivity index (χ4n) is 1.84. The third-order valence-corrected chi connectivity index (χ3v) is 2.92. The van der Waals surface area contributed by atoms with Gasteiger partial charge in [0.05, 0.1) is 11.6 Å². The number of nitrogens with one attached hydrogen (secondary N) is 1. The molecule has 2 aromatic rings. The van der Waals surface area contributed by atoms with Gasteiger partial charge in [-0.1, -0.05) is 6.07 Å². The molecule has 1 heterocycles. The molecule has 1 amide bonds. The van der Waals surface area contributed by atoms with Crippen molar-refractivity contribution in [1.82, 2.24) is 9.55 Å². The maximum Gasteiger partial charge on any atom is 0.247 e. The number of aryl methyl sites for hydroxylation is 1. The maximum atomic E-state index is 12.1. The number of benzene rings is 1. The van der Waals surface area contributed by atoms with Crippen molar-refractivity contribution >= 4 is 11.6 Å². The minimum Gasteiger partial charge on any atom is -0.324 e. The molecule has 1 atom stereocenters. The van der Waals surface area contributed by atoms with Gasteiger partial charge in [-0.2, -0.15) is 5.26 Å². The Labute approximate surface area is 111 Å². The zero-order chi connectivity index (χ0) is 13.8. The minimum absolute atomic E-state index is 0.142. The number of imidazole rings is 1. The lowest BCUT2D eigenvalue weighted by molar-refractivity contribution is -0.118. The number of hydrogen-bond acceptors (Lipinski definition) is 3. The summed E-state index contributed by atoms with van der Waals surface area (Å²) in [5, 5.41) is 11.6. The van der Waals surface area contributed by atoms with Gasteiger partial charge in [-0.25, -0.2) is 4.98 Å². The Morgan fingerprint density at radius 2 is 2.32 bits per heavy atom. The molecule has 0 bridgehead atoms. The Morgan fingerprint density at radius 1 is 1.53 bits per heavy atom. The number of hydrogen-bond donors (Lipinski definition) is 1. The second kappa shape index (κ2) is 5.36. The van der Waals surface area contributed by atoms with E-state index in [-0.39, 0.29) is 11.9 Å². The third kappa shape index (κ3) is 2.80. The van der Waals surface area contributed by atoms with Gasteiger partial charge in [0, 0.05) is 18.1 Å². The highest BCUT2D eigenvalue weighted by Crippen LogP contribution is 2.14. The minimum atomic E-state index is -0.353. The van der Waals surface area contributed by atoms with Gasteiger partial charge in [0.1, 0.15) is 11.9 Å². The summed E-state index contributed by atoms with van der Waals surface area (Å²) in [5.74, 6) is 0.643. The molecule has 5 nitrogen and oxygen atoms in total. The van der Waals surface area contributed by atoms with Gasteiger partial charge < -0.3 is 9.88 Å². The van der Waals surface area contributed by atoms with Gasteiger partial charge in [0.2, 0.25) is 5.91 Å². The summed E-state index contributed by atoms with van der Waals surface area (Å²) < 4.78 is 1.80. The van der Waals surface area contributed by atoms with Crippen LogP contribution in [0.25, 0.3) is 0 Å². The first-order valence-electron chi connectivity index (χ1n) is 5.92. The van der Waals surface area contributed by atoms with Crippen molar-refractivity contribution in [2.24, 2.45) is 0 Å². The summed E-state index contributed by atoms with van der Waals surface area (Å²) in [5.41, 5.74) is 1.14. The molecule has 1 aromatic carbocycles. The third-order valence-electron chi connectivity index (χ3n) is 2.92. The van der Waals surface area contributed by atoms with Crippen LogP contribution in [0.5, 0.6) is 0 Å². The van der Waals surface area contributed by atoms with E-state index in [0.29, 0.717) is 11.3 Å². The number of nitrogens with zero attached hydrogens (tertiary/aromatic N) is 3. The summed E-state index contributed by atoms with van der Waals surface area (Å²) in [6.45, 7) is 3.65. The molecule has 0 saturated carbocycles. The van der Waals surface area contributed by atoms with Gasteiger partial charge in [0.25, 0.3) is 0 Å². The summed E-state index contributed by atoms with van der Waals surface area (Å²) in [6, 6.07) is 8.52. The van der Waals surface area contributed by atoms with Crippen LogP contribution in [-0.4, -0.2) is 15.5 Å². The molecule has 0 fully saturated rings. The van der Waals surface area contributed by atoms with Crippen molar-refractivity contribution in [3.05, 3.63) is 48.0 Å². The van der Waals surface area contributed by atoms with E-state index in [1.165, 1.54) is 0 Å². The molecule has 0 spiro atoms. The number of carbonyl (C=O) groups is 1. The van der Waals surface area contributed by atoms with Crippen LogP contribution in [-0.2, 0) is 4.79 Å². The van der Waals surface area contributed by atoms with Crippen LogP contribution >= 0.6 is 0 Å². The predicted molar refractivity (Wildman–Crippen MR) is 71.5 cm³/mol. The molecule has 5 heteroatoms. The van der Waals surface area contributed by atoms with E-state index in [0.717, 1.165) is 5.82 Å². The van der Waals surface area contributed by atoms with E-state index >= 15 is 0 Å². The molecule has 1 unspecified atom stereocenters. The highest BCUT2D eigenvalue weighted by molar-refractivity contribution is 5.93. The van der Waals surface area contributed by atoms with E-state index in [9.17, 15) is 4.79 Å². The average molecular weight is 254 g/mol. The van der Waals surface area contributed by atoms with Gasteiger partial charge in [-0.3, -0.25) is 4.79 Å². The molecule has 1 N–H and O–H groups in total. The molecule has 0 aliphatic rings. The molecule has 0 saturated heterocycles. The number of anilines is 1. The summed E-state index contributed by atoms with van der Waals surface area (Å²) in [6.07, 6.45) is 3.43. The van der Waals surface area contributed by atoms with E-state index in [1.54, 1.807) is 48.1 Å². The molecule has 2 rings (SSSR count). The zero-order valence-corrected chi connectivity index (χ0v) is 10.8. The van der Waals surface area contributed by atoms with E-state index < -0.39 is 0 Å². The largest absolute Gasteiger partial charge is 0.324 e. The van der Waals surface area contributed by atoms with Gasteiger partial charge in [-0.15, -0.1) is 0 Å². The molecule has 0 aliphatic carbocycles. The van der Waals surface area contributed by atoms with Crippen LogP contribution in [0.1, 0.15) is 24.4 Å². The van der Waals surface area contributed by atoms with Gasteiger partial charge >= 0.3 is 0 Å². The zero-order valence-electron chi connectivity index (χ0n) is 10.8. The maximum absolute atomic E-state index is 12.1. The van der Waals surface area contributed by atoms with Crippen molar-refractivity contribution in [2.45, 2.75) is 19.9 Å². The normalized spacial score (nSPS) is 11.6. The molecular formula is C14H14N4O. The monoisotopic (exact) mass is 254 g/mol. The highest BCUT2D eigenvalue weighted by atomic mass is 16.2. The van der Waals surface area contributed by atoms with E-state index in [4.69, 9.17) is 5.26 Å². The first-order valence-corrected chi connectivity index (χ1v) is 5.92. The molecular weight excluding hydrogens is 240 g/mol. The van der Waals surface area contributed by atoms with E-state index in [1.807, 2.05) is 13.0 Å². The number of amides is 1. The lowest BCUT2D eigenvalue weighted by Gasteiger charge is -2.15. The fraction of sp³-hybridized carbons (Fsp3) is 0.214. The quantitative estimate of drug-likeness (QED) is 0.913. The Balaban J connectivity index is 2.13. The first kappa shape index (κ1) is 12.8. The Hall–Kier alpha value is -2.61. The van der Waals surface area contributed by atoms with Gasteiger partial charge in [0.15, 0.2) is 0 Å². The second-order valence-corrected chi connectivity index (χ2v) is 4.24. The number of carbonyl (C=O) groups excluding carboxylic acids is 1. The number of nitriles is 1. The van der Waals surface area contributed by atoms with Crippen LogP contribution in [0.15, 0.2) is 36.7 Å². The van der Waals surface area contributed by atoms with Crippen molar-refractivity contribution in [3.63, 3.8) is 0 Å². The summed E-state index contributed by atoms with van der Waals surface area (Å²) >= 11 is 0. The Morgan fingerprint density at radius 3 is 2.95 bits per heavy atom. The predicted octanol–water partition coefficient (Wildman–Crippen LogP) is 2.26. The Kier molecular flexibility index (Phi) is 3.62. The van der Waals surface area contributed by atoms with Crippen LogP contribution < -0.4 is 5.32 Å². The highest BCUT2D eigenvalue weighted by Gasteiger charge is 2.16. The Bertz CT molecular complexity index is 639. The lowest BCUT2D eigenvalue weighted by atomic mass is 10.2. The molecule has 96 valence electrons. The topological polar surface area (TPSA) is 70.7 Å². The fourth-order valence-corrected chi connectivity index (χ4v) is 1.84. The first-order chi connectivity index (χ1) is 9.11.